The van der Waals surface area contributed by atoms with Crippen LogP contribution in [-0.4, -0.2) is 0 Å². The molecule has 0 aromatic carbocycles. The molecule has 0 spiro atoms. The van der Waals surface area contributed by atoms with Crippen molar-refractivity contribution in [3.05, 3.63) is 12.3 Å². The number of allylic oxidation sites excluding steroid dienone is 1. The molecule has 18 heavy (non-hydrogen) atoms. The Bertz CT molecular complexity index is 186. The average Bonchev–Trinajstić information content (AvgIpc) is 2.35. The first kappa shape index (κ1) is 17.5. The zero-order valence-electron chi connectivity index (χ0n) is 12.8. The number of nitrogens with two attached hydrogens (primary N) is 1. The Morgan fingerprint density at radius 2 is 1.17 bits per heavy atom. The number of hydrogen-bond donors (Lipinski definition) is 1. The summed E-state index contributed by atoms with van der Waals surface area (Å²) in [5.74, 6) is 0.577. The van der Waals surface area contributed by atoms with Gasteiger partial charge in [-0.15, -0.1) is 0 Å². The quantitative estimate of drug-likeness (QED) is 0.413. The summed E-state index contributed by atoms with van der Waals surface area (Å²) in [6, 6.07) is 0. The molecule has 0 radical (unpaired) electrons. The van der Waals surface area contributed by atoms with E-state index in [2.05, 4.69) is 20.4 Å². The van der Waals surface area contributed by atoms with Gasteiger partial charge in [-0.05, 0) is 18.8 Å². The third-order valence-corrected chi connectivity index (χ3v) is 3.84. The molecule has 0 bridgehead atoms. The molecule has 0 aromatic rings. The van der Waals surface area contributed by atoms with Gasteiger partial charge in [-0.2, -0.15) is 0 Å². The van der Waals surface area contributed by atoms with E-state index in [-0.39, 0.29) is 0 Å². The highest BCUT2D eigenvalue weighted by molar-refractivity contribution is 4.94. The van der Waals surface area contributed by atoms with Crippen LogP contribution >= 0.6 is 0 Å². The highest BCUT2D eigenvalue weighted by Crippen LogP contribution is 2.22. The molecule has 0 rings (SSSR count). The highest BCUT2D eigenvalue weighted by atomic mass is 14.6. The molecule has 0 saturated carbocycles. The second-order valence-corrected chi connectivity index (χ2v) is 5.68. The van der Waals surface area contributed by atoms with Gasteiger partial charge in [0, 0.05) is 5.70 Å². The smallest absolute Gasteiger partial charge is 0.00390 e. The molecule has 1 heteroatoms. The minimum Gasteiger partial charge on any atom is -0.402 e. The van der Waals surface area contributed by atoms with Crippen LogP contribution in [0.25, 0.3) is 0 Å². The second kappa shape index (κ2) is 13.0. The fourth-order valence-corrected chi connectivity index (χ4v) is 2.50. The van der Waals surface area contributed by atoms with Gasteiger partial charge in [0.1, 0.15) is 0 Å². The number of rotatable bonds is 13. The van der Waals surface area contributed by atoms with Gasteiger partial charge >= 0.3 is 0 Å². The fourth-order valence-electron chi connectivity index (χ4n) is 2.50. The van der Waals surface area contributed by atoms with Crippen LogP contribution in [0.3, 0.4) is 0 Å². The van der Waals surface area contributed by atoms with Crippen LogP contribution in [0.1, 0.15) is 90.9 Å². The minimum atomic E-state index is 0.577. The van der Waals surface area contributed by atoms with Crippen molar-refractivity contribution >= 4 is 0 Å². The molecular weight excluding hydrogens is 218 g/mol. The van der Waals surface area contributed by atoms with E-state index in [1.807, 2.05) is 0 Å². The average molecular weight is 253 g/mol. The summed E-state index contributed by atoms with van der Waals surface area (Å²) >= 11 is 0. The van der Waals surface area contributed by atoms with Crippen molar-refractivity contribution in [2.45, 2.75) is 90.9 Å². The lowest BCUT2D eigenvalue weighted by Crippen LogP contribution is -2.11. The molecule has 0 heterocycles. The van der Waals surface area contributed by atoms with E-state index in [4.69, 9.17) is 5.73 Å². The number of hydrogen-bond acceptors (Lipinski definition) is 1. The van der Waals surface area contributed by atoms with E-state index in [1.165, 1.54) is 77.0 Å². The van der Waals surface area contributed by atoms with Crippen LogP contribution in [0.15, 0.2) is 12.3 Å². The largest absolute Gasteiger partial charge is 0.402 e. The Morgan fingerprint density at radius 1 is 0.778 bits per heavy atom. The van der Waals surface area contributed by atoms with Gasteiger partial charge in [-0.3, -0.25) is 0 Å². The van der Waals surface area contributed by atoms with E-state index in [9.17, 15) is 0 Å². The molecule has 0 aromatic heterocycles. The third kappa shape index (κ3) is 10.7. The lowest BCUT2D eigenvalue weighted by atomic mass is 9.92. The zero-order chi connectivity index (χ0) is 13.6. The standard InChI is InChI=1S/C17H35N/c1-4-6-8-10-11-13-15-17(16(3)18)14-12-9-7-5-2/h17H,3-15,18H2,1-2H3. The maximum Gasteiger partial charge on any atom is 0.00390 e. The van der Waals surface area contributed by atoms with Crippen LogP contribution in [0.4, 0.5) is 0 Å². The first-order valence-electron chi connectivity index (χ1n) is 8.16. The molecule has 0 aliphatic carbocycles. The summed E-state index contributed by atoms with van der Waals surface area (Å²) in [7, 11) is 0. The molecule has 108 valence electrons. The Hall–Kier alpha value is -0.460. The maximum atomic E-state index is 5.92. The van der Waals surface area contributed by atoms with Crippen molar-refractivity contribution in [3.8, 4) is 0 Å². The fraction of sp³-hybridized carbons (Fsp3) is 0.882. The van der Waals surface area contributed by atoms with E-state index in [1.54, 1.807) is 0 Å². The molecule has 0 fully saturated rings. The normalized spacial score (nSPS) is 12.6. The lowest BCUT2D eigenvalue weighted by molar-refractivity contribution is 0.450. The topological polar surface area (TPSA) is 26.0 Å². The Labute approximate surface area is 115 Å². The van der Waals surface area contributed by atoms with E-state index in [0.29, 0.717) is 5.92 Å². The van der Waals surface area contributed by atoms with Gasteiger partial charge in [0.2, 0.25) is 0 Å². The predicted octanol–water partition coefficient (Wildman–Crippen LogP) is 5.80. The van der Waals surface area contributed by atoms with Crippen LogP contribution in [0.5, 0.6) is 0 Å². The lowest BCUT2D eigenvalue weighted by Gasteiger charge is -2.16. The SMILES string of the molecule is C=C(N)C(CCCCCC)CCCCCCCC. The van der Waals surface area contributed by atoms with Gasteiger partial charge in [0.05, 0.1) is 0 Å². The van der Waals surface area contributed by atoms with E-state index in [0.717, 1.165) is 5.70 Å². The third-order valence-electron chi connectivity index (χ3n) is 3.84. The first-order valence-corrected chi connectivity index (χ1v) is 8.16. The molecule has 2 N–H and O–H groups in total. The summed E-state index contributed by atoms with van der Waals surface area (Å²) in [6.45, 7) is 8.49. The van der Waals surface area contributed by atoms with E-state index >= 15 is 0 Å². The summed E-state index contributed by atoms with van der Waals surface area (Å²) in [5.41, 5.74) is 6.84. The van der Waals surface area contributed by atoms with Gasteiger partial charge in [0.15, 0.2) is 0 Å². The van der Waals surface area contributed by atoms with Gasteiger partial charge in [0.25, 0.3) is 0 Å². The van der Waals surface area contributed by atoms with Crippen LogP contribution in [-0.2, 0) is 0 Å². The molecular formula is C17H35N. The molecule has 0 saturated heterocycles. The zero-order valence-corrected chi connectivity index (χ0v) is 12.8. The molecule has 1 atom stereocenters. The Kier molecular flexibility index (Phi) is 12.7. The van der Waals surface area contributed by atoms with Crippen LogP contribution in [0, 0.1) is 5.92 Å². The van der Waals surface area contributed by atoms with Crippen molar-refractivity contribution in [2.75, 3.05) is 0 Å². The van der Waals surface area contributed by atoms with Crippen molar-refractivity contribution < 1.29 is 0 Å². The highest BCUT2D eigenvalue weighted by Gasteiger charge is 2.09. The van der Waals surface area contributed by atoms with Crippen molar-refractivity contribution in [1.29, 1.82) is 0 Å². The Balaban J connectivity index is 3.54. The summed E-state index contributed by atoms with van der Waals surface area (Å²) < 4.78 is 0. The van der Waals surface area contributed by atoms with Crippen molar-refractivity contribution in [2.24, 2.45) is 11.7 Å². The molecule has 0 aliphatic rings. The second-order valence-electron chi connectivity index (χ2n) is 5.68. The van der Waals surface area contributed by atoms with Gasteiger partial charge in [-0.25, -0.2) is 0 Å². The van der Waals surface area contributed by atoms with E-state index < -0.39 is 0 Å². The van der Waals surface area contributed by atoms with Gasteiger partial charge in [-0.1, -0.05) is 84.6 Å². The van der Waals surface area contributed by atoms with Gasteiger partial charge < -0.3 is 5.73 Å². The maximum absolute atomic E-state index is 5.92. The molecule has 1 unspecified atom stereocenters. The number of unbranched alkanes of at least 4 members (excludes halogenated alkanes) is 8. The first-order chi connectivity index (χ1) is 8.72. The monoisotopic (exact) mass is 253 g/mol. The minimum absolute atomic E-state index is 0.577. The van der Waals surface area contributed by atoms with Crippen LogP contribution < -0.4 is 5.73 Å². The van der Waals surface area contributed by atoms with Crippen molar-refractivity contribution in [3.63, 3.8) is 0 Å². The summed E-state index contributed by atoms with van der Waals surface area (Å²) in [6.07, 6.45) is 16.1. The summed E-state index contributed by atoms with van der Waals surface area (Å²) in [5, 5.41) is 0. The Morgan fingerprint density at radius 3 is 1.61 bits per heavy atom. The molecule has 0 amide bonds. The molecule has 1 nitrogen and oxygen atoms in total. The predicted molar refractivity (Wildman–Crippen MR) is 83.6 cm³/mol. The summed E-state index contributed by atoms with van der Waals surface area (Å²) in [4.78, 5) is 0. The molecule has 0 aliphatic heterocycles. The van der Waals surface area contributed by atoms with Crippen molar-refractivity contribution in [1.82, 2.24) is 0 Å². The van der Waals surface area contributed by atoms with Crippen LogP contribution in [0.2, 0.25) is 0 Å².